The minimum absolute atomic E-state index is 0.0920. The molecule has 3 N–H and O–H groups in total. The van der Waals surface area contributed by atoms with Gasteiger partial charge in [0.25, 0.3) is 0 Å². The highest BCUT2D eigenvalue weighted by atomic mass is 32.2. The summed E-state index contributed by atoms with van der Waals surface area (Å²) in [6.07, 6.45) is 0.134. The standard InChI is InChI=1S/C39H45N5O6S/c1-39(2,3)50-38(48)44-21-19-27(20-22-44)35(46)42-32(25-51-24-29-14-8-7-13-28(29)23-40)36(47)41-31(18-17-26-11-5-4-6-12-26)34(45)37-43-30-15-9-10-16-33(30)49-37/h4-16,27,31-32,34,45H,17-22,24-25H2,1-3H3,(H,41,47)(H,42,46)/t31-,32-,34?/m0/s1. The Balaban J connectivity index is 1.31. The van der Waals surface area contributed by atoms with Crippen molar-refractivity contribution in [2.24, 2.45) is 5.92 Å². The number of nitriles is 1. The van der Waals surface area contributed by atoms with Crippen LogP contribution in [0.5, 0.6) is 0 Å². The normalized spacial score (nSPS) is 15.4. The lowest BCUT2D eigenvalue weighted by atomic mass is 9.95. The van der Waals surface area contributed by atoms with Gasteiger partial charge in [-0.15, -0.1) is 0 Å². The van der Waals surface area contributed by atoms with Gasteiger partial charge in [-0.25, -0.2) is 9.78 Å². The molecule has 1 fully saturated rings. The molecule has 2 heterocycles. The van der Waals surface area contributed by atoms with E-state index in [0.29, 0.717) is 61.2 Å². The molecule has 1 unspecified atom stereocenters. The van der Waals surface area contributed by atoms with Crippen LogP contribution in [0.15, 0.2) is 83.3 Å². The number of piperidine rings is 1. The number of carbonyl (C=O) groups is 3. The smallest absolute Gasteiger partial charge is 0.410 e. The average molecular weight is 712 g/mol. The summed E-state index contributed by atoms with van der Waals surface area (Å²) in [4.78, 5) is 46.4. The van der Waals surface area contributed by atoms with E-state index >= 15 is 0 Å². The van der Waals surface area contributed by atoms with Gasteiger partial charge in [0.05, 0.1) is 17.7 Å². The lowest BCUT2D eigenvalue weighted by Crippen LogP contribution is -2.54. The summed E-state index contributed by atoms with van der Waals surface area (Å²) in [5.74, 6) is -0.364. The molecule has 3 amide bonds. The predicted octanol–water partition coefficient (Wildman–Crippen LogP) is 5.92. The number of nitrogens with zero attached hydrogens (tertiary/aromatic N) is 3. The molecule has 3 aromatic carbocycles. The van der Waals surface area contributed by atoms with Crippen LogP contribution in [-0.2, 0) is 26.5 Å². The van der Waals surface area contributed by atoms with Crippen molar-refractivity contribution in [2.45, 2.75) is 76.0 Å². The molecule has 0 spiro atoms. The predicted molar refractivity (Wildman–Crippen MR) is 195 cm³/mol. The molecule has 5 rings (SSSR count). The number of aliphatic hydroxyl groups excluding tert-OH is 1. The van der Waals surface area contributed by atoms with E-state index in [9.17, 15) is 24.8 Å². The van der Waals surface area contributed by atoms with Gasteiger partial charge in [0.1, 0.15) is 17.2 Å². The highest BCUT2D eigenvalue weighted by Crippen LogP contribution is 2.26. The number of hydrogen-bond donors (Lipinski definition) is 3. The molecule has 0 aliphatic carbocycles. The van der Waals surface area contributed by atoms with E-state index in [1.54, 1.807) is 29.2 Å². The van der Waals surface area contributed by atoms with E-state index in [0.717, 1.165) is 11.1 Å². The maximum absolute atomic E-state index is 14.1. The Hall–Kier alpha value is -4.86. The van der Waals surface area contributed by atoms with E-state index in [1.807, 2.05) is 75.4 Å². The summed E-state index contributed by atoms with van der Waals surface area (Å²) < 4.78 is 11.4. The van der Waals surface area contributed by atoms with Crippen LogP contribution in [0.1, 0.15) is 68.7 Å². The molecule has 1 saturated heterocycles. The molecule has 12 heteroatoms. The number of rotatable bonds is 13. The quantitative estimate of drug-likeness (QED) is 0.153. The first-order valence-corrected chi connectivity index (χ1v) is 18.4. The molecule has 11 nitrogen and oxygen atoms in total. The minimum atomic E-state index is -1.26. The third-order valence-corrected chi connectivity index (χ3v) is 9.77. The molecular formula is C39H45N5O6S. The average Bonchev–Trinajstić information content (AvgIpc) is 3.57. The Kier molecular flexibility index (Phi) is 12.7. The van der Waals surface area contributed by atoms with Crippen LogP contribution in [0, 0.1) is 17.2 Å². The van der Waals surface area contributed by atoms with E-state index in [2.05, 4.69) is 21.7 Å². The number of carbonyl (C=O) groups excluding carboxylic acids is 3. The van der Waals surface area contributed by atoms with Crippen molar-refractivity contribution in [3.8, 4) is 6.07 Å². The molecule has 0 bridgehead atoms. The number of para-hydroxylation sites is 2. The summed E-state index contributed by atoms with van der Waals surface area (Å²) in [6.45, 7) is 6.16. The highest BCUT2D eigenvalue weighted by Gasteiger charge is 2.34. The van der Waals surface area contributed by atoms with Gasteiger partial charge in [0.2, 0.25) is 17.7 Å². The number of amides is 3. The van der Waals surface area contributed by atoms with E-state index in [4.69, 9.17) is 9.15 Å². The van der Waals surface area contributed by atoms with Crippen molar-refractivity contribution in [2.75, 3.05) is 18.8 Å². The lowest BCUT2D eigenvalue weighted by molar-refractivity contribution is -0.132. The zero-order chi connectivity index (χ0) is 36.4. The number of fused-ring (bicyclic) bond motifs is 1. The monoisotopic (exact) mass is 711 g/mol. The maximum atomic E-state index is 14.1. The van der Waals surface area contributed by atoms with Gasteiger partial charge in [-0.1, -0.05) is 60.7 Å². The van der Waals surface area contributed by atoms with Crippen LogP contribution in [0.4, 0.5) is 4.79 Å². The molecule has 51 heavy (non-hydrogen) atoms. The summed E-state index contributed by atoms with van der Waals surface area (Å²) in [7, 11) is 0. The van der Waals surface area contributed by atoms with Crippen molar-refractivity contribution >= 4 is 40.8 Å². The first-order chi connectivity index (χ1) is 24.5. The molecule has 1 aliphatic rings. The Morgan fingerprint density at radius 3 is 2.41 bits per heavy atom. The van der Waals surface area contributed by atoms with Crippen LogP contribution in [0.25, 0.3) is 11.1 Å². The molecule has 0 radical (unpaired) electrons. The first kappa shape index (κ1) is 37.4. The number of oxazole rings is 1. The van der Waals surface area contributed by atoms with Crippen molar-refractivity contribution in [1.82, 2.24) is 20.5 Å². The molecule has 3 atom stereocenters. The Morgan fingerprint density at radius 2 is 1.71 bits per heavy atom. The van der Waals surface area contributed by atoms with Crippen LogP contribution in [-0.4, -0.2) is 69.4 Å². The van der Waals surface area contributed by atoms with Gasteiger partial charge in [-0.05, 0) is 75.8 Å². The number of likely N-dealkylation sites (tertiary alicyclic amines) is 1. The summed E-state index contributed by atoms with van der Waals surface area (Å²) >= 11 is 1.43. The largest absolute Gasteiger partial charge is 0.444 e. The molecule has 1 aromatic heterocycles. The zero-order valence-corrected chi connectivity index (χ0v) is 30.0. The van der Waals surface area contributed by atoms with Crippen molar-refractivity contribution in [1.29, 1.82) is 5.26 Å². The van der Waals surface area contributed by atoms with E-state index in [1.165, 1.54) is 11.8 Å². The Bertz CT molecular complexity index is 1790. The van der Waals surface area contributed by atoms with E-state index < -0.39 is 41.7 Å². The van der Waals surface area contributed by atoms with Crippen LogP contribution in [0.3, 0.4) is 0 Å². The first-order valence-electron chi connectivity index (χ1n) is 17.2. The number of aromatic nitrogens is 1. The molecule has 268 valence electrons. The second-order valence-electron chi connectivity index (χ2n) is 13.7. The van der Waals surface area contributed by atoms with Gasteiger partial charge >= 0.3 is 6.09 Å². The fourth-order valence-corrected chi connectivity index (χ4v) is 6.97. The van der Waals surface area contributed by atoms with Crippen LogP contribution < -0.4 is 10.6 Å². The molecule has 1 aliphatic heterocycles. The highest BCUT2D eigenvalue weighted by molar-refractivity contribution is 7.98. The summed E-state index contributed by atoms with van der Waals surface area (Å²) in [5.41, 5.74) is 2.92. The second-order valence-corrected chi connectivity index (χ2v) is 14.7. The summed E-state index contributed by atoms with van der Waals surface area (Å²) in [6, 6.07) is 24.7. The number of ether oxygens (including phenoxy) is 1. The van der Waals surface area contributed by atoms with Crippen molar-refractivity contribution < 1.29 is 28.6 Å². The third kappa shape index (κ3) is 10.6. The molecule has 4 aromatic rings. The SMILES string of the molecule is CC(C)(C)OC(=O)N1CCC(C(=O)N[C@@H](CSCc2ccccc2C#N)C(=O)N[C@@H](CCc2ccccc2)C(O)c2nc3ccccc3o2)CC1. The van der Waals surface area contributed by atoms with Crippen LogP contribution >= 0.6 is 11.8 Å². The molecular weight excluding hydrogens is 667 g/mol. The third-order valence-electron chi connectivity index (χ3n) is 8.69. The van der Waals surface area contributed by atoms with Gasteiger partial charge < -0.3 is 29.8 Å². The Morgan fingerprint density at radius 1 is 1.02 bits per heavy atom. The number of hydrogen-bond acceptors (Lipinski definition) is 9. The zero-order valence-electron chi connectivity index (χ0n) is 29.2. The van der Waals surface area contributed by atoms with Gasteiger partial charge in [-0.3, -0.25) is 9.59 Å². The number of benzene rings is 3. The molecule has 0 saturated carbocycles. The number of aliphatic hydroxyl groups is 1. The van der Waals surface area contributed by atoms with Gasteiger partial charge in [0.15, 0.2) is 11.7 Å². The van der Waals surface area contributed by atoms with Crippen LogP contribution in [0.2, 0.25) is 0 Å². The van der Waals surface area contributed by atoms with Crippen molar-refractivity contribution in [3.05, 3.63) is 101 Å². The topological polar surface area (TPSA) is 158 Å². The van der Waals surface area contributed by atoms with E-state index in [-0.39, 0.29) is 17.6 Å². The van der Waals surface area contributed by atoms with Gasteiger partial charge in [-0.2, -0.15) is 17.0 Å². The number of aryl methyl sites for hydroxylation is 1. The summed E-state index contributed by atoms with van der Waals surface area (Å²) in [5, 5.41) is 27.1. The minimum Gasteiger partial charge on any atom is -0.444 e. The van der Waals surface area contributed by atoms with Crippen molar-refractivity contribution in [3.63, 3.8) is 0 Å². The maximum Gasteiger partial charge on any atom is 0.410 e. The lowest BCUT2D eigenvalue weighted by Gasteiger charge is -2.33. The fraction of sp³-hybridized carbons (Fsp3) is 0.410. The number of nitrogens with one attached hydrogen (secondary N) is 2. The number of thioether (sulfide) groups is 1. The Labute approximate surface area is 302 Å². The van der Waals surface area contributed by atoms with Gasteiger partial charge in [0, 0.05) is 30.5 Å². The second kappa shape index (κ2) is 17.4. The fourth-order valence-electron chi connectivity index (χ4n) is 5.91.